The largest absolute Gasteiger partial charge is 0.425 e. The van der Waals surface area contributed by atoms with Crippen LogP contribution >= 0.6 is 0 Å². The maximum absolute atomic E-state index is 12.1. The summed E-state index contributed by atoms with van der Waals surface area (Å²) in [6, 6.07) is 0. The Morgan fingerprint density at radius 2 is 1.33 bits per heavy atom. The lowest BCUT2D eigenvalue weighted by molar-refractivity contribution is -0.196. The van der Waals surface area contributed by atoms with E-state index in [0.29, 0.717) is 0 Å². The molecule has 0 heterocycles. The highest BCUT2D eigenvalue weighted by molar-refractivity contribution is 5.77. The van der Waals surface area contributed by atoms with Gasteiger partial charge in [-0.25, -0.2) is 0 Å². The van der Waals surface area contributed by atoms with E-state index in [-0.39, 0.29) is 23.3 Å². The number of carbonyl (C=O) groups excluding carboxylic acids is 2. The van der Waals surface area contributed by atoms with Gasteiger partial charge in [-0.15, -0.1) is 0 Å². The summed E-state index contributed by atoms with van der Waals surface area (Å²) in [5.74, 6) is -0.968. The molecule has 1 unspecified atom stereocenters. The van der Waals surface area contributed by atoms with Gasteiger partial charge >= 0.3 is 11.9 Å². The van der Waals surface area contributed by atoms with Crippen molar-refractivity contribution in [3.05, 3.63) is 0 Å². The Labute approximate surface area is 110 Å². The van der Waals surface area contributed by atoms with E-state index in [9.17, 15) is 9.59 Å². The third kappa shape index (κ3) is 4.31. The lowest BCUT2D eigenvalue weighted by atomic mass is 9.69. The standard InChI is InChI=1S/C14H26O4/c1-9(2)11(15)17-10(3)18-12(16)14(7,8)13(4,5)6/h9-10H,1-8H3. The lowest BCUT2D eigenvalue weighted by Crippen LogP contribution is -2.41. The van der Waals surface area contributed by atoms with Gasteiger partial charge in [-0.05, 0) is 19.3 Å². The zero-order chi connectivity index (χ0) is 14.7. The summed E-state index contributed by atoms with van der Waals surface area (Å²) in [6.07, 6.45) is -0.853. The highest BCUT2D eigenvalue weighted by Gasteiger charge is 2.42. The molecule has 0 aromatic carbocycles. The molecule has 0 aliphatic carbocycles. The summed E-state index contributed by atoms with van der Waals surface area (Å²) in [5.41, 5.74) is -0.878. The van der Waals surface area contributed by atoms with E-state index in [0.717, 1.165) is 0 Å². The molecule has 4 nitrogen and oxygen atoms in total. The van der Waals surface area contributed by atoms with Crippen LogP contribution in [0, 0.1) is 16.7 Å². The fourth-order valence-electron chi connectivity index (χ4n) is 0.928. The van der Waals surface area contributed by atoms with Crippen LogP contribution in [0.3, 0.4) is 0 Å². The van der Waals surface area contributed by atoms with Gasteiger partial charge in [0.05, 0.1) is 11.3 Å². The Balaban J connectivity index is 4.54. The van der Waals surface area contributed by atoms with Gasteiger partial charge < -0.3 is 9.47 Å². The Morgan fingerprint density at radius 3 is 1.67 bits per heavy atom. The van der Waals surface area contributed by atoms with Gasteiger partial charge in [0.25, 0.3) is 0 Å². The van der Waals surface area contributed by atoms with Crippen LogP contribution in [0.4, 0.5) is 0 Å². The van der Waals surface area contributed by atoms with Crippen molar-refractivity contribution in [2.75, 3.05) is 0 Å². The van der Waals surface area contributed by atoms with E-state index < -0.39 is 11.7 Å². The number of rotatable bonds is 4. The van der Waals surface area contributed by atoms with Crippen LogP contribution in [-0.2, 0) is 19.1 Å². The van der Waals surface area contributed by atoms with E-state index in [4.69, 9.17) is 9.47 Å². The number of esters is 2. The SMILES string of the molecule is CC(OC(=O)C(C)C)OC(=O)C(C)(C)C(C)(C)C. The second-order valence-corrected chi connectivity index (χ2v) is 6.44. The maximum Gasteiger partial charge on any atom is 0.315 e. The summed E-state index contributed by atoms with van der Waals surface area (Å²) >= 11 is 0. The van der Waals surface area contributed by atoms with Crippen molar-refractivity contribution < 1.29 is 19.1 Å². The predicted octanol–water partition coefficient (Wildman–Crippen LogP) is 3.15. The van der Waals surface area contributed by atoms with E-state index in [1.165, 1.54) is 0 Å². The van der Waals surface area contributed by atoms with E-state index >= 15 is 0 Å². The second kappa shape index (κ2) is 5.72. The fourth-order valence-corrected chi connectivity index (χ4v) is 0.928. The molecule has 0 aromatic heterocycles. The van der Waals surface area contributed by atoms with Gasteiger partial charge in [0.15, 0.2) is 0 Å². The van der Waals surface area contributed by atoms with Crippen molar-refractivity contribution in [2.24, 2.45) is 16.7 Å². The molecule has 106 valence electrons. The molecule has 0 saturated carbocycles. The molecule has 0 radical (unpaired) electrons. The summed E-state index contributed by atoms with van der Waals surface area (Å²) in [7, 11) is 0. The highest BCUT2D eigenvalue weighted by Crippen LogP contribution is 2.39. The van der Waals surface area contributed by atoms with E-state index in [1.54, 1.807) is 20.8 Å². The summed E-state index contributed by atoms with van der Waals surface area (Å²) in [6.45, 7) is 14.6. The molecule has 0 amide bonds. The lowest BCUT2D eigenvalue weighted by Gasteiger charge is -2.36. The van der Waals surface area contributed by atoms with Gasteiger partial charge in [-0.3, -0.25) is 9.59 Å². The van der Waals surface area contributed by atoms with Crippen molar-refractivity contribution in [3.8, 4) is 0 Å². The van der Waals surface area contributed by atoms with Gasteiger partial charge in [0.2, 0.25) is 6.29 Å². The predicted molar refractivity (Wildman–Crippen MR) is 69.7 cm³/mol. The number of ether oxygens (including phenoxy) is 2. The first-order valence-electron chi connectivity index (χ1n) is 6.31. The summed E-state index contributed by atoms with van der Waals surface area (Å²) < 4.78 is 10.2. The summed E-state index contributed by atoms with van der Waals surface area (Å²) in [4.78, 5) is 23.4. The van der Waals surface area contributed by atoms with Crippen LogP contribution in [0.25, 0.3) is 0 Å². The minimum absolute atomic E-state index is 0.230. The van der Waals surface area contributed by atoms with Crippen LogP contribution in [0.1, 0.15) is 55.4 Å². The molecule has 0 N–H and O–H groups in total. The van der Waals surface area contributed by atoms with Gasteiger partial charge in [0, 0.05) is 6.92 Å². The van der Waals surface area contributed by atoms with E-state index in [2.05, 4.69) is 0 Å². The first-order chi connectivity index (χ1) is 7.89. The Bertz CT molecular complexity index is 310. The Morgan fingerprint density at radius 1 is 0.889 bits per heavy atom. The van der Waals surface area contributed by atoms with Crippen LogP contribution in [0.15, 0.2) is 0 Å². The van der Waals surface area contributed by atoms with E-state index in [1.807, 2.05) is 34.6 Å². The van der Waals surface area contributed by atoms with Crippen molar-refractivity contribution in [2.45, 2.75) is 61.7 Å². The average Bonchev–Trinajstić information content (AvgIpc) is 2.14. The van der Waals surface area contributed by atoms with Crippen LogP contribution in [0.2, 0.25) is 0 Å². The Hall–Kier alpha value is -1.06. The van der Waals surface area contributed by atoms with Crippen molar-refractivity contribution in [3.63, 3.8) is 0 Å². The number of carbonyl (C=O) groups is 2. The third-order valence-electron chi connectivity index (χ3n) is 3.41. The normalized spacial score (nSPS) is 14.3. The average molecular weight is 258 g/mol. The number of hydrogen-bond acceptors (Lipinski definition) is 4. The first-order valence-corrected chi connectivity index (χ1v) is 6.31. The quantitative estimate of drug-likeness (QED) is 0.574. The second-order valence-electron chi connectivity index (χ2n) is 6.44. The zero-order valence-corrected chi connectivity index (χ0v) is 12.8. The number of hydrogen-bond donors (Lipinski definition) is 0. The molecule has 18 heavy (non-hydrogen) atoms. The van der Waals surface area contributed by atoms with Gasteiger partial charge in [-0.2, -0.15) is 0 Å². The third-order valence-corrected chi connectivity index (χ3v) is 3.41. The highest BCUT2D eigenvalue weighted by atomic mass is 16.7. The molecule has 1 atom stereocenters. The molecule has 0 spiro atoms. The topological polar surface area (TPSA) is 52.6 Å². The molecule has 0 aliphatic rings. The molecule has 0 rings (SSSR count). The Kier molecular flexibility index (Phi) is 5.38. The monoisotopic (exact) mass is 258 g/mol. The molecule has 0 bridgehead atoms. The molecule has 0 aromatic rings. The van der Waals surface area contributed by atoms with Crippen LogP contribution < -0.4 is 0 Å². The summed E-state index contributed by atoms with van der Waals surface area (Å²) in [5, 5.41) is 0. The minimum Gasteiger partial charge on any atom is -0.425 e. The van der Waals surface area contributed by atoms with Crippen LogP contribution in [-0.4, -0.2) is 18.2 Å². The fraction of sp³-hybridized carbons (Fsp3) is 0.857. The zero-order valence-electron chi connectivity index (χ0n) is 12.8. The maximum atomic E-state index is 12.1. The first kappa shape index (κ1) is 16.9. The van der Waals surface area contributed by atoms with Gasteiger partial charge in [-0.1, -0.05) is 34.6 Å². The molecule has 0 aliphatic heterocycles. The molecule has 0 fully saturated rings. The minimum atomic E-state index is -0.853. The van der Waals surface area contributed by atoms with Crippen LogP contribution in [0.5, 0.6) is 0 Å². The van der Waals surface area contributed by atoms with Crippen molar-refractivity contribution in [1.82, 2.24) is 0 Å². The molecular weight excluding hydrogens is 232 g/mol. The van der Waals surface area contributed by atoms with Gasteiger partial charge in [0.1, 0.15) is 0 Å². The van der Waals surface area contributed by atoms with Crippen molar-refractivity contribution in [1.29, 1.82) is 0 Å². The molecular formula is C14H26O4. The van der Waals surface area contributed by atoms with Crippen molar-refractivity contribution >= 4 is 11.9 Å². The molecule has 0 saturated heterocycles. The molecule has 4 heteroatoms. The smallest absolute Gasteiger partial charge is 0.315 e.